The molecule has 2 nitrogen and oxygen atoms in total. The highest BCUT2D eigenvalue weighted by Crippen LogP contribution is 2.11. The van der Waals surface area contributed by atoms with Crippen LogP contribution in [0, 0.1) is 0 Å². The molecule has 1 unspecified atom stereocenters. The van der Waals surface area contributed by atoms with Gasteiger partial charge in [-0.25, -0.2) is 0 Å². The van der Waals surface area contributed by atoms with Gasteiger partial charge in [0, 0.05) is 6.04 Å². The molecule has 114 valence electrons. The van der Waals surface area contributed by atoms with Crippen molar-refractivity contribution in [2.24, 2.45) is 0 Å². The lowest BCUT2D eigenvalue weighted by atomic mass is 10.1. The van der Waals surface area contributed by atoms with Crippen LogP contribution in [0.2, 0.25) is 0 Å². The van der Waals surface area contributed by atoms with Crippen LogP contribution in [0.15, 0.2) is 30.3 Å². The average molecular weight is 277 g/mol. The lowest BCUT2D eigenvalue weighted by Gasteiger charge is -2.19. The van der Waals surface area contributed by atoms with Crippen molar-refractivity contribution in [3.63, 3.8) is 0 Å². The van der Waals surface area contributed by atoms with Crippen LogP contribution in [0.3, 0.4) is 0 Å². The van der Waals surface area contributed by atoms with Gasteiger partial charge >= 0.3 is 0 Å². The summed E-state index contributed by atoms with van der Waals surface area (Å²) in [5, 5.41) is 3.61. The highest BCUT2D eigenvalue weighted by atomic mass is 16.5. The number of hydrogen-bond acceptors (Lipinski definition) is 2. The Labute approximate surface area is 124 Å². The molecule has 1 aromatic rings. The van der Waals surface area contributed by atoms with Crippen molar-refractivity contribution in [3.05, 3.63) is 30.3 Å². The van der Waals surface area contributed by atoms with Crippen molar-refractivity contribution in [2.75, 3.05) is 13.2 Å². The number of rotatable bonds is 12. The van der Waals surface area contributed by atoms with E-state index >= 15 is 0 Å². The zero-order chi connectivity index (χ0) is 14.5. The van der Waals surface area contributed by atoms with Gasteiger partial charge in [0.2, 0.25) is 0 Å². The Kier molecular flexibility index (Phi) is 10.0. The van der Waals surface area contributed by atoms with E-state index in [2.05, 4.69) is 19.2 Å². The number of unbranched alkanes of at least 4 members (excludes halogenated alkanes) is 4. The fourth-order valence-electron chi connectivity index (χ4n) is 2.30. The summed E-state index contributed by atoms with van der Waals surface area (Å²) in [6.45, 7) is 6.33. The van der Waals surface area contributed by atoms with E-state index < -0.39 is 0 Å². The first-order valence-corrected chi connectivity index (χ1v) is 8.28. The van der Waals surface area contributed by atoms with Gasteiger partial charge in [0.1, 0.15) is 12.4 Å². The van der Waals surface area contributed by atoms with Gasteiger partial charge < -0.3 is 10.1 Å². The van der Waals surface area contributed by atoms with E-state index in [0.717, 1.165) is 18.9 Å². The molecule has 1 aromatic carbocycles. The van der Waals surface area contributed by atoms with Crippen LogP contribution in [-0.4, -0.2) is 19.2 Å². The van der Waals surface area contributed by atoms with Crippen molar-refractivity contribution in [1.29, 1.82) is 0 Å². The van der Waals surface area contributed by atoms with Crippen molar-refractivity contribution < 1.29 is 4.74 Å². The van der Waals surface area contributed by atoms with Gasteiger partial charge in [-0.2, -0.15) is 0 Å². The second kappa shape index (κ2) is 11.8. The summed E-state index contributed by atoms with van der Waals surface area (Å²) in [5.41, 5.74) is 0. The Hall–Kier alpha value is -1.02. The average Bonchev–Trinajstić information content (AvgIpc) is 2.50. The SMILES string of the molecule is CCCCCCCC(COc1ccccc1)NCCC. The summed E-state index contributed by atoms with van der Waals surface area (Å²) in [4.78, 5) is 0. The van der Waals surface area contributed by atoms with E-state index in [0.29, 0.717) is 6.04 Å². The Morgan fingerprint density at radius 2 is 1.70 bits per heavy atom. The molecule has 0 radical (unpaired) electrons. The number of ether oxygens (including phenoxy) is 1. The van der Waals surface area contributed by atoms with Gasteiger partial charge in [0.05, 0.1) is 0 Å². The predicted molar refractivity (Wildman–Crippen MR) is 87.4 cm³/mol. The first-order chi connectivity index (χ1) is 9.86. The Morgan fingerprint density at radius 1 is 0.950 bits per heavy atom. The maximum Gasteiger partial charge on any atom is 0.119 e. The highest BCUT2D eigenvalue weighted by Gasteiger charge is 2.08. The number of para-hydroxylation sites is 1. The van der Waals surface area contributed by atoms with Crippen molar-refractivity contribution in [2.45, 2.75) is 64.8 Å². The molecule has 0 aliphatic carbocycles. The molecule has 0 saturated carbocycles. The molecule has 0 aliphatic rings. The minimum atomic E-state index is 0.483. The molecule has 0 bridgehead atoms. The molecule has 1 atom stereocenters. The fraction of sp³-hybridized carbons (Fsp3) is 0.667. The van der Waals surface area contributed by atoms with Gasteiger partial charge in [-0.3, -0.25) is 0 Å². The molecule has 0 saturated heterocycles. The Morgan fingerprint density at radius 3 is 2.40 bits per heavy atom. The number of hydrogen-bond donors (Lipinski definition) is 1. The van der Waals surface area contributed by atoms with Gasteiger partial charge in [0.25, 0.3) is 0 Å². The molecular formula is C18H31NO. The standard InChI is InChI=1S/C18H31NO/c1-3-5-6-7-9-12-17(19-15-4-2)16-20-18-13-10-8-11-14-18/h8,10-11,13-14,17,19H,3-7,9,12,15-16H2,1-2H3. The summed E-state index contributed by atoms with van der Waals surface area (Å²) >= 11 is 0. The summed E-state index contributed by atoms with van der Waals surface area (Å²) in [6.07, 6.45) is 9.11. The summed E-state index contributed by atoms with van der Waals surface area (Å²) in [5.74, 6) is 0.974. The second-order valence-electron chi connectivity index (χ2n) is 5.48. The molecule has 1 N–H and O–H groups in total. The van der Waals surface area contributed by atoms with Crippen LogP contribution in [0.5, 0.6) is 5.75 Å². The van der Waals surface area contributed by atoms with Gasteiger partial charge in [-0.05, 0) is 31.5 Å². The molecule has 20 heavy (non-hydrogen) atoms. The van der Waals surface area contributed by atoms with E-state index in [4.69, 9.17) is 4.74 Å². The maximum absolute atomic E-state index is 5.88. The van der Waals surface area contributed by atoms with Crippen LogP contribution >= 0.6 is 0 Å². The molecule has 2 heteroatoms. The molecule has 1 rings (SSSR count). The number of nitrogens with one attached hydrogen (secondary N) is 1. The van der Waals surface area contributed by atoms with Crippen molar-refractivity contribution in [1.82, 2.24) is 5.32 Å². The van der Waals surface area contributed by atoms with E-state index in [1.807, 2.05) is 30.3 Å². The first-order valence-electron chi connectivity index (χ1n) is 8.28. The summed E-state index contributed by atoms with van der Waals surface area (Å²) < 4.78 is 5.88. The smallest absolute Gasteiger partial charge is 0.119 e. The van der Waals surface area contributed by atoms with Crippen LogP contribution in [0.4, 0.5) is 0 Å². The monoisotopic (exact) mass is 277 g/mol. The molecule has 0 spiro atoms. The molecule has 0 fully saturated rings. The lowest BCUT2D eigenvalue weighted by Crippen LogP contribution is -2.35. The third-order valence-electron chi connectivity index (χ3n) is 3.53. The van der Waals surface area contributed by atoms with Gasteiger partial charge in [-0.1, -0.05) is 64.2 Å². The van der Waals surface area contributed by atoms with E-state index in [-0.39, 0.29) is 0 Å². The molecule has 0 aliphatic heterocycles. The minimum absolute atomic E-state index is 0.483. The van der Waals surface area contributed by atoms with Crippen LogP contribution in [-0.2, 0) is 0 Å². The third-order valence-corrected chi connectivity index (χ3v) is 3.53. The quantitative estimate of drug-likeness (QED) is 0.554. The largest absolute Gasteiger partial charge is 0.492 e. The molecule has 0 aromatic heterocycles. The van der Waals surface area contributed by atoms with Crippen LogP contribution in [0.25, 0.3) is 0 Å². The van der Waals surface area contributed by atoms with Crippen molar-refractivity contribution in [3.8, 4) is 5.75 Å². The Balaban J connectivity index is 2.24. The van der Waals surface area contributed by atoms with Crippen LogP contribution in [0.1, 0.15) is 58.8 Å². The van der Waals surface area contributed by atoms with E-state index in [1.165, 1.54) is 44.9 Å². The lowest BCUT2D eigenvalue weighted by molar-refractivity contribution is 0.253. The summed E-state index contributed by atoms with van der Waals surface area (Å²) in [6, 6.07) is 10.6. The Bertz CT molecular complexity index is 312. The normalized spacial score (nSPS) is 12.3. The third kappa shape index (κ3) is 8.21. The van der Waals surface area contributed by atoms with E-state index in [1.54, 1.807) is 0 Å². The van der Waals surface area contributed by atoms with Gasteiger partial charge in [-0.15, -0.1) is 0 Å². The minimum Gasteiger partial charge on any atom is -0.492 e. The first kappa shape index (κ1) is 17.0. The molecular weight excluding hydrogens is 246 g/mol. The predicted octanol–water partition coefficient (Wildman–Crippen LogP) is 4.79. The fourth-order valence-corrected chi connectivity index (χ4v) is 2.30. The molecule has 0 amide bonds. The second-order valence-corrected chi connectivity index (χ2v) is 5.48. The van der Waals surface area contributed by atoms with E-state index in [9.17, 15) is 0 Å². The van der Waals surface area contributed by atoms with Gasteiger partial charge in [0.15, 0.2) is 0 Å². The van der Waals surface area contributed by atoms with Crippen molar-refractivity contribution >= 4 is 0 Å². The summed E-state index contributed by atoms with van der Waals surface area (Å²) in [7, 11) is 0. The number of benzene rings is 1. The topological polar surface area (TPSA) is 21.3 Å². The molecule has 0 heterocycles. The zero-order valence-electron chi connectivity index (χ0n) is 13.2. The maximum atomic E-state index is 5.88. The highest BCUT2D eigenvalue weighted by molar-refractivity contribution is 5.20. The van der Waals surface area contributed by atoms with Crippen LogP contribution < -0.4 is 10.1 Å². The zero-order valence-corrected chi connectivity index (χ0v) is 13.2.